The van der Waals surface area contributed by atoms with Gasteiger partial charge in [-0.25, -0.2) is 0 Å². The highest BCUT2D eigenvalue weighted by Gasteiger charge is 2.11. The molecule has 5 nitrogen and oxygen atoms in total. The van der Waals surface area contributed by atoms with Gasteiger partial charge in [-0.2, -0.15) is 5.10 Å². The van der Waals surface area contributed by atoms with Crippen LogP contribution in [0.25, 0.3) is 0 Å². The lowest BCUT2D eigenvalue weighted by Gasteiger charge is -2.03. The molecule has 0 aromatic carbocycles. The second-order valence-electron chi connectivity index (χ2n) is 3.40. The summed E-state index contributed by atoms with van der Waals surface area (Å²) >= 11 is 0. The van der Waals surface area contributed by atoms with Crippen molar-refractivity contribution in [1.29, 1.82) is 0 Å². The Morgan fingerprint density at radius 2 is 2.40 bits per heavy atom. The van der Waals surface area contributed by atoms with Crippen LogP contribution in [0.3, 0.4) is 0 Å². The van der Waals surface area contributed by atoms with Crippen LogP contribution in [0, 0.1) is 0 Å². The van der Waals surface area contributed by atoms with Gasteiger partial charge in [0.1, 0.15) is 5.69 Å². The van der Waals surface area contributed by atoms with Gasteiger partial charge in [-0.15, -0.1) is 0 Å². The molecule has 0 radical (unpaired) electrons. The number of nitrogens with zero attached hydrogens (tertiary/aromatic N) is 2. The Morgan fingerprint density at radius 3 is 2.93 bits per heavy atom. The fourth-order valence-corrected chi connectivity index (χ4v) is 1.31. The fourth-order valence-electron chi connectivity index (χ4n) is 1.31. The van der Waals surface area contributed by atoms with E-state index in [1.165, 1.54) is 0 Å². The molecule has 15 heavy (non-hydrogen) atoms. The fraction of sp³-hybridized carbons (Fsp3) is 0.600. The molecule has 0 fully saturated rings. The highest BCUT2D eigenvalue weighted by Crippen LogP contribution is 2.03. The maximum Gasteiger partial charge on any atom is 0.269 e. The van der Waals surface area contributed by atoms with E-state index in [1.807, 2.05) is 13.0 Å². The maximum absolute atomic E-state index is 11.7. The summed E-state index contributed by atoms with van der Waals surface area (Å²) in [4.78, 5) is 11.7. The van der Waals surface area contributed by atoms with Crippen LogP contribution in [0.15, 0.2) is 6.07 Å². The Bertz CT molecular complexity index is 332. The van der Waals surface area contributed by atoms with E-state index in [4.69, 9.17) is 5.73 Å². The SMILES string of the molecule is CCc1cc(C(=O)NCCCN)n(C)n1. The third-order valence-electron chi connectivity index (χ3n) is 2.19. The van der Waals surface area contributed by atoms with Crippen molar-refractivity contribution in [3.05, 3.63) is 17.5 Å². The molecule has 1 heterocycles. The van der Waals surface area contributed by atoms with Crippen molar-refractivity contribution in [2.45, 2.75) is 19.8 Å². The topological polar surface area (TPSA) is 72.9 Å². The maximum atomic E-state index is 11.7. The summed E-state index contributed by atoms with van der Waals surface area (Å²) < 4.78 is 1.61. The number of nitrogens with two attached hydrogens (primary N) is 1. The summed E-state index contributed by atoms with van der Waals surface area (Å²) in [6.07, 6.45) is 1.63. The van der Waals surface area contributed by atoms with Gasteiger partial charge < -0.3 is 11.1 Å². The first-order chi connectivity index (χ1) is 7.19. The van der Waals surface area contributed by atoms with Gasteiger partial charge >= 0.3 is 0 Å². The van der Waals surface area contributed by atoms with Gasteiger partial charge in [0.15, 0.2) is 0 Å². The first-order valence-electron chi connectivity index (χ1n) is 5.20. The highest BCUT2D eigenvalue weighted by atomic mass is 16.2. The van der Waals surface area contributed by atoms with Crippen molar-refractivity contribution in [3.63, 3.8) is 0 Å². The second kappa shape index (κ2) is 5.50. The number of aryl methyl sites for hydroxylation is 2. The van der Waals surface area contributed by atoms with Gasteiger partial charge in [-0.1, -0.05) is 6.92 Å². The molecule has 0 aliphatic heterocycles. The average Bonchev–Trinajstić information content (AvgIpc) is 2.60. The lowest BCUT2D eigenvalue weighted by Crippen LogP contribution is -2.27. The van der Waals surface area contributed by atoms with Crippen LogP contribution < -0.4 is 11.1 Å². The molecule has 0 bridgehead atoms. The second-order valence-corrected chi connectivity index (χ2v) is 3.40. The Kier molecular flexibility index (Phi) is 4.30. The van der Waals surface area contributed by atoms with Gasteiger partial charge in [-0.3, -0.25) is 9.48 Å². The molecule has 1 aromatic heterocycles. The third-order valence-corrected chi connectivity index (χ3v) is 2.19. The number of nitrogens with one attached hydrogen (secondary N) is 1. The lowest BCUT2D eigenvalue weighted by atomic mass is 10.3. The molecule has 0 aliphatic rings. The van der Waals surface area contributed by atoms with Crippen LogP contribution in [-0.4, -0.2) is 28.8 Å². The molecule has 1 aromatic rings. The quantitative estimate of drug-likeness (QED) is 0.675. The van der Waals surface area contributed by atoms with Gasteiger partial charge in [0.05, 0.1) is 5.69 Å². The summed E-state index contributed by atoms with van der Waals surface area (Å²) in [6, 6.07) is 1.82. The number of hydrogen-bond acceptors (Lipinski definition) is 3. The molecule has 1 amide bonds. The largest absolute Gasteiger partial charge is 0.351 e. The van der Waals surface area contributed by atoms with Crippen LogP contribution in [0.1, 0.15) is 29.5 Å². The standard InChI is InChI=1S/C10H18N4O/c1-3-8-7-9(14(2)13-8)10(15)12-6-4-5-11/h7H,3-6,11H2,1-2H3,(H,12,15). The van der Waals surface area contributed by atoms with E-state index in [2.05, 4.69) is 10.4 Å². The summed E-state index contributed by atoms with van der Waals surface area (Å²) in [5.41, 5.74) is 6.87. The van der Waals surface area contributed by atoms with Crippen molar-refractivity contribution < 1.29 is 4.79 Å². The third kappa shape index (κ3) is 3.06. The van der Waals surface area contributed by atoms with Gasteiger partial charge in [0, 0.05) is 13.6 Å². The minimum atomic E-state index is -0.0850. The van der Waals surface area contributed by atoms with E-state index in [1.54, 1.807) is 11.7 Å². The first kappa shape index (κ1) is 11.7. The minimum absolute atomic E-state index is 0.0850. The van der Waals surface area contributed by atoms with E-state index < -0.39 is 0 Å². The van der Waals surface area contributed by atoms with Gasteiger partial charge in [0.25, 0.3) is 5.91 Å². The number of rotatable bonds is 5. The van der Waals surface area contributed by atoms with Crippen molar-refractivity contribution in [2.75, 3.05) is 13.1 Å². The molecular weight excluding hydrogens is 192 g/mol. The molecule has 3 N–H and O–H groups in total. The van der Waals surface area contributed by atoms with E-state index in [0.717, 1.165) is 18.5 Å². The van der Waals surface area contributed by atoms with E-state index in [-0.39, 0.29) is 5.91 Å². The molecule has 0 saturated heterocycles. The van der Waals surface area contributed by atoms with Gasteiger partial charge in [-0.05, 0) is 25.5 Å². The lowest BCUT2D eigenvalue weighted by molar-refractivity contribution is 0.0944. The number of carbonyl (C=O) groups is 1. The molecule has 0 unspecified atom stereocenters. The van der Waals surface area contributed by atoms with E-state index >= 15 is 0 Å². The van der Waals surface area contributed by atoms with Crippen molar-refractivity contribution >= 4 is 5.91 Å². The molecule has 0 saturated carbocycles. The number of carbonyl (C=O) groups excluding carboxylic acids is 1. The zero-order chi connectivity index (χ0) is 11.3. The van der Waals surface area contributed by atoms with E-state index in [9.17, 15) is 4.79 Å². The molecule has 5 heteroatoms. The predicted molar refractivity (Wildman–Crippen MR) is 58.6 cm³/mol. The first-order valence-corrected chi connectivity index (χ1v) is 5.20. The summed E-state index contributed by atoms with van der Waals surface area (Å²) in [6.45, 7) is 3.21. The molecular formula is C10H18N4O. The Morgan fingerprint density at radius 1 is 1.67 bits per heavy atom. The Balaban J connectivity index is 2.60. The summed E-state index contributed by atoms with van der Waals surface area (Å²) in [7, 11) is 1.77. The van der Waals surface area contributed by atoms with Crippen LogP contribution in [0.5, 0.6) is 0 Å². The van der Waals surface area contributed by atoms with Crippen LogP contribution >= 0.6 is 0 Å². The van der Waals surface area contributed by atoms with Crippen molar-refractivity contribution in [2.24, 2.45) is 12.8 Å². The number of amides is 1. The molecule has 0 spiro atoms. The molecule has 0 atom stereocenters. The van der Waals surface area contributed by atoms with Crippen LogP contribution in [-0.2, 0) is 13.5 Å². The molecule has 0 aliphatic carbocycles. The molecule has 1 rings (SSSR count). The molecule has 84 valence electrons. The minimum Gasteiger partial charge on any atom is -0.351 e. The van der Waals surface area contributed by atoms with Crippen LogP contribution in [0.2, 0.25) is 0 Å². The van der Waals surface area contributed by atoms with Gasteiger partial charge in [0.2, 0.25) is 0 Å². The van der Waals surface area contributed by atoms with E-state index in [0.29, 0.717) is 18.8 Å². The van der Waals surface area contributed by atoms with Crippen molar-refractivity contribution in [3.8, 4) is 0 Å². The predicted octanol–water partition coefficient (Wildman–Crippen LogP) is 0.0611. The normalized spacial score (nSPS) is 10.3. The summed E-state index contributed by atoms with van der Waals surface area (Å²) in [5, 5.41) is 7.01. The zero-order valence-electron chi connectivity index (χ0n) is 9.29. The number of hydrogen-bond donors (Lipinski definition) is 2. The Labute approximate surface area is 89.6 Å². The number of aromatic nitrogens is 2. The summed E-state index contributed by atoms with van der Waals surface area (Å²) in [5.74, 6) is -0.0850. The van der Waals surface area contributed by atoms with Crippen LogP contribution in [0.4, 0.5) is 0 Å². The average molecular weight is 210 g/mol. The van der Waals surface area contributed by atoms with Crippen molar-refractivity contribution in [1.82, 2.24) is 15.1 Å². The zero-order valence-corrected chi connectivity index (χ0v) is 9.29. The monoisotopic (exact) mass is 210 g/mol. The highest BCUT2D eigenvalue weighted by molar-refractivity contribution is 5.92. The smallest absolute Gasteiger partial charge is 0.269 e. The Hall–Kier alpha value is -1.36.